The van der Waals surface area contributed by atoms with E-state index in [0.717, 1.165) is 0 Å². The van der Waals surface area contributed by atoms with E-state index in [2.05, 4.69) is 0 Å². The van der Waals surface area contributed by atoms with Crippen LogP contribution in [0.3, 0.4) is 0 Å². The largest absolute Gasteiger partial charge is 2.00 e. The van der Waals surface area contributed by atoms with Crippen molar-refractivity contribution in [2.24, 2.45) is 0 Å². The molecule has 0 unspecified atom stereocenters. The molecular formula is C2CoNa2O6. The number of rotatable bonds is 0. The second-order valence-corrected chi connectivity index (χ2v) is 0.500. The summed E-state index contributed by atoms with van der Waals surface area (Å²) in [5.41, 5.74) is 0. The molecule has 0 aliphatic carbocycles. The van der Waals surface area contributed by atoms with Crippen molar-refractivity contribution < 1.29 is 106 Å². The third kappa shape index (κ3) is 825. The molecule has 0 atom stereocenters. The molecule has 0 aliphatic rings. The van der Waals surface area contributed by atoms with Crippen molar-refractivity contribution in [1.82, 2.24) is 0 Å². The van der Waals surface area contributed by atoms with Crippen LogP contribution in [0.5, 0.6) is 0 Å². The molecular weight excluding hydrogens is 225 g/mol. The first kappa shape index (κ1) is 29.6. The van der Waals surface area contributed by atoms with Crippen LogP contribution < -0.4 is 79.5 Å². The Morgan fingerprint density at radius 1 is 0.727 bits per heavy atom. The van der Waals surface area contributed by atoms with Crippen molar-refractivity contribution in [3.63, 3.8) is 0 Å². The van der Waals surface area contributed by atoms with Crippen LogP contribution in [0.1, 0.15) is 0 Å². The zero-order valence-electron chi connectivity index (χ0n) is 5.78. The quantitative estimate of drug-likeness (QED) is 0.376. The molecule has 0 spiro atoms. The first-order valence-electron chi connectivity index (χ1n) is 1.22. The summed E-state index contributed by atoms with van der Waals surface area (Å²) in [5.74, 6) is 0. The maximum atomic E-state index is 8.33. The van der Waals surface area contributed by atoms with Crippen LogP contribution in [0.25, 0.3) is 0 Å². The van der Waals surface area contributed by atoms with Gasteiger partial charge in [-0.15, -0.1) is 0 Å². The average molecular weight is 225 g/mol. The minimum Gasteiger partial charge on any atom is -0.652 e. The molecule has 1 radical (unpaired) electrons. The van der Waals surface area contributed by atoms with Gasteiger partial charge in [-0.3, -0.25) is 0 Å². The van der Waals surface area contributed by atoms with E-state index < -0.39 is 12.3 Å². The van der Waals surface area contributed by atoms with Crippen LogP contribution in [0, 0.1) is 0 Å². The molecule has 0 heterocycles. The van der Waals surface area contributed by atoms with Gasteiger partial charge in [-0.1, -0.05) is 0 Å². The number of carboxylic acid groups (broad SMARTS) is 4. The number of carbonyl (C=O) groups is 2. The Morgan fingerprint density at radius 2 is 0.727 bits per heavy atom. The third-order valence-electron chi connectivity index (χ3n) is 0. The Hall–Kier alpha value is 1.05. The van der Waals surface area contributed by atoms with Crippen molar-refractivity contribution in [3.8, 4) is 0 Å². The standard InChI is InChI=1S/2CH2O3.Co.2Na/c2*2-1(3)4;;;/h2*(H2,2,3,4);;;/q;;+2;2*+1/p-4. The van der Waals surface area contributed by atoms with Crippen LogP contribution in [0.2, 0.25) is 0 Å². The van der Waals surface area contributed by atoms with Gasteiger partial charge in [-0.25, -0.2) is 0 Å². The van der Waals surface area contributed by atoms with Crippen LogP contribution in [0.4, 0.5) is 9.59 Å². The van der Waals surface area contributed by atoms with Crippen LogP contribution in [0.15, 0.2) is 0 Å². The SMILES string of the molecule is O=C([O-])[O-].O=C([O-])[O-].[Co+2].[Na+].[Na+]. The van der Waals surface area contributed by atoms with Gasteiger partial charge in [0.15, 0.2) is 0 Å². The molecule has 0 bridgehead atoms. The smallest absolute Gasteiger partial charge is 0.652 e. The Morgan fingerprint density at radius 3 is 0.727 bits per heavy atom. The minimum atomic E-state index is -2.33. The fourth-order valence-electron chi connectivity index (χ4n) is 0. The van der Waals surface area contributed by atoms with Gasteiger partial charge in [-0.05, 0) is 12.3 Å². The Bertz CT molecular complexity index is 76.6. The summed E-state index contributed by atoms with van der Waals surface area (Å²) in [6, 6.07) is 0. The summed E-state index contributed by atoms with van der Waals surface area (Å²) in [4.78, 5) is 16.7. The van der Waals surface area contributed by atoms with Crippen molar-refractivity contribution in [3.05, 3.63) is 0 Å². The predicted octanol–water partition coefficient (Wildman–Crippen LogP) is -10.9. The van der Waals surface area contributed by atoms with Gasteiger partial charge < -0.3 is 30.0 Å². The van der Waals surface area contributed by atoms with Gasteiger partial charge in [0.1, 0.15) is 0 Å². The van der Waals surface area contributed by atoms with Crippen LogP contribution in [-0.2, 0) is 16.8 Å². The van der Waals surface area contributed by atoms with Crippen molar-refractivity contribution in [2.75, 3.05) is 0 Å². The maximum Gasteiger partial charge on any atom is 2.00 e. The molecule has 6 nitrogen and oxygen atoms in total. The summed E-state index contributed by atoms with van der Waals surface area (Å²) in [6.07, 6.45) is -4.67. The molecule has 0 aromatic heterocycles. The molecule has 55 valence electrons. The van der Waals surface area contributed by atoms with E-state index in [1.165, 1.54) is 0 Å². The Labute approximate surface area is 117 Å². The fourth-order valence-corrected chi connectivity index (χ4v) is 0. The van der Waals surface area contributed by atoms with E-state index in [9.17, 15) is 0 Å². The summed E-state index contributed by atoms with van der Waals surface area (Å²) in [7, 11) is 0. The van der Waals surface area contributed by atoms with E-state index in [0.29, 0.717) is 0 Å². The molecule has 11 heavy (non-hydrogen) atoms. The van der Waals surface area contributed by atoms with E-state index in [4.69, 9.17) is 30.0 Å². The minimum absolute atomic E-state index is 0. The maximum absolute atomic E-state index is 8.33. The average Bonchev–Trinajstić information content (AvgIpc) is 1.25. The number of hydrogen-bond acceptors (Lipinski definition) is 6. The van der Waals surface area contributed by atoms with E-state index in [1.807, 2.05) is 0 Å². The summed E-state index contributed by atoms with van der Waals surface area (Å²) < 4.78 is 0. The molecule has 0 aliphatic heterocycles. The molecule has 0 rings (SSSR count). The molecule has 0 saturated heterocycles. The van der Waals surface area contributed by atoms with E-state index in [-0.39, 0.29) is 75.9 Å². The molecule has 0 aromatic carbocycles. The molecule has 9 heteroatoms. The normalized spacial score (nSPS) is 4.36. The third-order valence-corrected chi connectivity index (χ3v) is 0. The zero-order chi connectivity index (χ0) is 7.15. The predicted molar refractivity (Wildman–Crippen MR) is 10.8 cm³/mol. The molecule has 0 N–H and O–H groups in total. The first-order chi connectivity index (χ1) is 3.46. The van der Waals surface area contributed by atoms with Crippen LogP contribution >= 0.6 is 0 Å². The second-order valence-electron chi connectivity index (χ2n) is 0.500. The van der Waals surface area contributed by atoms with Gasteiger partial charge in [0, 0.05) is 0 Å². The van der Waals surface area contributed by atoms with E-state index in [1.54, 1.807) is 0 Å². The van der Waals surface area contributed by atoms with Gasteiger partial charge in [0.25, 0.3) is 0 Å². The summed E-state index contributed by atoms with van der Waals surface area (Å²) in [5, 5.41) is 33.3. The monoisotopic (exact) mass is 225 g/mol. The summed E-state index contributed by atoms with van der Waals surface area (Å²) in [6.45, 7) is 0. The zero-order valence-corrected chi connectivity index (χ0v) is 10.8. The van der Waals surface area contributed by atoms with E-state index >= 15 is 0 Å². The molecule has 0 aromatic rings. The van der Waals surface area contributed by atoms with Crippen molar-refractivity contribution in [2.45, 2.75) is 0 Å². The fraction of sp³-hybridized carbons (Fsp3) is 0. The molecule has 0 amide bonds. The van der Waals surface area contributed by atoms with Crippen molar-refractivity contribution in [1.29, 1.82) is 0 Å². The number of carbonyl (C=O) groups excluding carboxylic acids is 2. The van der Waals surface area contributed by atoms with Gasteiger partial charge in [0.05, 0.1) is 0 Å². The Balaban J connectivity index is -0.0000000171. The topological polar surface area (TPSA) is 126 Å². The van der Waals surface area contributed by atoms with Gasteiger partial charge in [-0.2, -0.15) is 0 Å². The number of hydrogen-bond donors (Lipinski definition) is 0. The second kappa shape index (κ2) is 22.5. The van der Waals surface area contributed by atoms with Gasteiger partial charge >= 0.3 is 75.9 Å². The molecule has 0 saturated carbocycles. The summed E-state index contributed by atoms with van der Waals surface area (Å²) >= 11 is 0. The van der Waals surface area contributed by atoms with Gasteiger partial charge in [0.2, 0.25) is 0 Å². The molecule has 0 fully saturated rings. The first-order valence-corrected chi connectivity index (χ1v) is 1.22. The van der Waals surface area contributed by atoms with Crippen molar-refractivity contribution >= 4 is 12.3 Å². The Kier molecular flexibility index (Phi) is 60.4. The van der Waals surface area contributed by atoms with Crippen LogP contribution in [-0.4, -0.2) is 12.3 Å².